The van der Waals surface area contributed by atoms with Gasteiger partial charge in [-0.2, -0.15) is 0 Å². The summed E-state index contributed by atoms with van der Waals surface area (Å²) in [6.07, 6.45) is 3.43. The first kappa shape index (κ1) is 13.3. The molecule has 0 aliphatic rings. The van der Waals surface area contributed by atoms with E-state index in [0.29, 0.717) is 12.1 Å². The van der Waals surface area contributed by atoms with E-state index in [1.54, 1.807) is 30.1 Å². The number of halogens is 1. The summed E-state index contributed by atoms with van der Waals surface area (Å²) < 4.78 is 15.0. The number of rotatable bonds is 4. The van der Waals surface area contributed by atoms with Crippen LogP contribution in [0.2, 0.25) is 0 Å². The van der Waals surface area contributed by atoms with Gasteiger partial charge in [-0.1, -0.05) is 29.5 Å². The minimum absolute atomic E-state index is 0.179. The molecule has 3 rings (SSSR count). The van der Waals surface area contributed by atoms with E-state index in [-0.39, 0.29) is 5.82 Å². The summed E-state index contributed by atoms with van der Waals surface area (Å²) in [5.41, 5.74) is 3.56. The standard InChI is InChI=1S/C16H15FN4/c1-12-10-13(6-7-14(12)17)11-18-15-4-2-3-5-16(15)21-9-8-19-20-21/h2-10,18H,11H2,1H3. The van der Waals surface area contributed by atoms with Gasteiger partial charge in [0.1, 0.15) is 5.82 Å². The van der Waals surface area contributed by atoms with Crippen molar-refractivity contribution in [2.75, 3.05) is 5.32 Å². The number of anilines is 1. The zero-order chi connectivity index (χ0) is 14.7. The third kappa shape index (κ3) is 2.91. The van der Waals surface area contributed by atoms with Gasteiger partial charge in [0.25, 0.3) is 0 Å². The zero-order valence-corrected chi connectivity index (χ0v) is 11.6. The van der Waals surface area contributed by atoms with Crippen LogP contribution in [0.5, 0.6) is 0 Å². The number of aryl methyl sites for hydroxylation is 1. The highest BCUT2D eigenvalue weighted by molar-refractivity contribution is 5.60. The van der Waals surface area contributed by atoms with Crippen LogP contribution in [0, 0.1) is 12.7 Å². The Morgan fingerprint density at radius 3 is 2.81 bits per heavy atom. The average molecular weight is 282 g/mol. The minimum Gasteiger partial charge on any atom is -0.379 e. The van der Waals surface area contributed by atoms with E-state index in [1.807, 2.05) is 30.3 Å². The van der Waals surface area contributed by atoms with E-state index in [9.17, 15) is 4.39 Å². The van der Waals surface area contributed by atoms with Crippen LogP contribution < -0.4 is 5.32 Å². The second-order valence-corrected chi connectivity index (χ2v) is 4.80. The smallest absolute Gasteiger partial charge is 0.126 e. The number of benzene rings is 2. The van der Waals surface area contributed by atoms with E-state index in [2.05, 4.69) is 15.6 Å². The zero-order valence-electron chi connectivity index (χ0n) is 11.6. The van der Waals surface area contributed by atoms with Crippen LogP contribution in [-0.4, -0.2) is 15.0 Å². The molecule has 0 saturated carbocycles. The molecule has 0 fully saturated rings. The number of para-hydroxylation sites is 2. The highest BCUT2D eigenvalue weighted by Gasteiger charge is 2.05. The molecular formula is C16H15FN4. The molecule has 1 aromatic heterocycles. The predicted octanol–water partition coefficient (Wildman–Crippen LogP) is 3.33. The first-order valence-corrected chi connectivity index (χ1v) is 6.68. The summed E-state index contributed by atoms with van der Waals surface area (Å²) >= 11 is 0. The molecule has 0 amide bonds. The lowest BCUT2D eigenvalue weighted by Crippen LogP contribution is -2.05. The lowest BCUT2D eigenvalue weighted by Gasteiger charge is -2.12. The van der Waals surface area contributed by atoms with Gasteiger partial charge in [-0.3, -0.25) is 0 Å². The van der Waals surface area contributed by atoms with E-state index in [4.69, 9.17) is 0 Å². The van der Waals surface area contributed by atoms with Crippen molar-refractivity contribution in [2.45, 2.75) is 13.5 Å². The fourth-order valence-electron chi connectivity index (χ4n) is 2.17. The first-order valence-electron chi connectivity index (χ1n) is 6.68. The third-order valence-corrected chi connectivity index (χ3v) is 3.28. The van der Waals surface area contributed by atoms with Gasteiger partial charge in [-0.15, -0.1) is 5.10 Å². The summed E-state index contributed by atoms with van der Waals surface area (Å²) in [7, 11) is 0. The van der Waals surface area contributed by atoms with Crippen molar-refractivity contribution >= 4 is 5.69 Å². The van der Waals surface area contributed by atoms with Gasteiger partial charge >= 0.3 is 0 Å². The van der Waals surface area contributed by atoms with Crippen molar-refractivity contribution in [1.29, 1.82) is 0 Å². The molecule has 4 nitrogen and oxygen atoms in total. The molecule has 0 aliphatic carbocycles. The second kappa shape index (κ2) is 5.75. The van der Waals surface area contributed by atoms with Gasteiger partial charge < -0.3 is 5.32 Å². The molecule has 0 radical (unpaired) electrons. The van der Waals surface area contributed by atoms with Crippen LogP contribution in [0.4, 0.5) is 10.1 Å². The van der Waals surface area contributed by atoms with Crippen LogP contribution >= 0.6 is 0 Å². The first-order chi connectivity index (χ1) is 10.2. The normalized spacial score (nSPS) is 10.6. The fourth-order valence-corrected chi connectivity index (χ4v) is 2.17. The molecular weight excluding hydrogens is 267 g/mol. The molecule has 2 aromatic carbocycles. The van der Waals surface area contributed by atoms with E-state index in [1.165, 1.54) is 6.07 Å². The molecule has 21 heavy (non-hydrogen) atoms. The van der Waals surface area contributed by atoms with Gasteiger partial charge in [0.05, 0.1) is 23.8 Å². The molecule has 1 N–H and O–H groups in total. The molecule has 0 aliphatic heterocycles. The van der Waals surface area contributed by atoms with Gasteiger partial charge in [-0.05, 0) is 36.2 Å². The maximum atomic E-state index is 13.3. The number of nitrogens with one attached hydrogen (secondary N) is 1. The third-order valence-electron chi connectivity index (χ3n) is 3.28. The van der Waals surface area contributed by atoms with Crippen molar-refractivity contribution in [3.8, 4) is 5.69 Å². The summed E-state index contributed by atoms with van der Waals surface area (Å²) in [4.78, 5) is 0. The maximum absolute atomic E-state index is 13.3. The van der Waals surface area contributed by atoms with Gasteiger partial charge in [0.2, 0.25) is 0 Å². The van der Waals surface area contributed by atoms with Crippen molar-refractivity contribution < 1.29 is 4.39 Å². The molecule has 0 unspecified atom stereocenters. The molecule has 5 heteroatoms. The summed E-state index contributed by atoms with van der Waals surface area (Å²) in [5, 5.41) is 11.2. The molecule has 0 atom stereocenters. The van der Waals surface area contributed by atoms with Crippen molar-refractivity contribution in [3.63, 3.8) is 0 Å². The highest BCUT2D eigenvalue weighted by atomic mass is 19.1. The number of hydrogen-bond donors (Lipinski definition) is 1. The Labute approximate surface area is 122 Å². The molecule has 0 saturated heterocycles. The summed E-state index contributed by atoms with van der Waals surface area (Å²) in [5.74, 6) is -0.179. The number of aromatic nitrogens is 3. The average Bonchev–Trinajstić information content (AvgIpc) is 3.03. The largest absolute Gasteiger partial charge is 0.379 e. The molecule has 0 bridgehead atoms. The fraction of sp³-hybridized carbons (Fsp3) is 0.125. The highest BCUT2D eigenvalue weighted by Crippen LogP contribution is 2.20. The van der Waals surface area contributed by atoms with Gasteiger partial charge in [0.15, 0.2) is 0 Å². The molecule has 106 valence electrons. The van der Waals surface area contributed by atoms with Gasteiger partial charge in [-0.25, -0.2) is 9.07 Å². The van der Waals surface area contributed by atoms with Crippen LogP contribution in [0.1, 0.15) is 11.1 Å². The Hall–Kier alpha value is -2.69. The lowest BCUT2D eigenvalue weighted by atomic mass is 10.1. The van der Waals surface area contributed by atoms with Gasteiger partial charge in [0, 0.05) is 6.54 Å². The quantitative estimate of drug-likeness (QED) is 0.798. The monoisotopic (exact) mass is 282 g/mol. The Balaban J connectivity index is 1.81. The second-order valence-electron chi connectivity index (χ2n) is 4.80. The van der Waals surface area contributed by atoms with Crippen LogP contribution in [0.25, 0.3) is 5.69 Å². The molecule has 1 heterocycles. The van der Waals surface area contributed by atoms with Crippen LogP contribution in [0.15, 0.2) is 54.9 Å². The number of hydrogen-bond acceptors (Lipinski definition) is 3. The van der Waals surface area contributed by atoms with Crippen molar-refractivity contribution in [2.24, 2.45) is 0 Å². The topological polar surface area (TPSA) is 42.7 Å². The van der Waals surface area contributed by atoms with Crippen molar-refractivity contribution in [3.05, 3.63) is 71.8 Å². The van der Waals surface area contributed by atoms with Crippen molar-refractivity contribution in [1.82, 2.24) is 15.0 Å². The molecule has 3 aromatic rings. The van der Waals surface area contributed by atoms with E-state index >= 15 is 0 Å². The van der Waals surface area contributed by atoms with E-state index in [0.717, 1.165) is 16.9 Å². The SMILES string of the molecule is Cc1cc(CNc2ccccc2-n2ccnn2)ccc1F. The summed E-state index contributed by atoms with van der Waals surface area (Å²) in [6, 6.07) is 13.0. The lowest BCUT2D eigenvalue weighted by molar-refractivity contribution is 0.617. The Kier molecular flexibility index (Phi) is 3.64. The maximum Gasteiger partial charge on any atom is 0.126 e. The minimum atomic E-state index is -0.179. The Bertz CT molecular complexity index is 738. The van der Waals surface area contributed by atoms with E-state index < -0.39 is 0 Å². The number of nitrogens with zero attached hydrogens (tertiary/aromatic N) is 3. The summed E-state index contributed by atoms with van der Waals surface area (Å²) in [6.45, 7) is 2.38. The Morgan fingerprint density at radius 1 is 1.19 bits per heavy atom. The molecule has 0 spiro atoms. The van der Waals surface area contributed by atoms with Crippen LogP contribution in [-0.2, 0) is 6.54 Å². The van der Waals surface area contributed by atoms with Crippen LogP contribution in [0.3, 0.4) is 0 Å². The Morgan fingerprint density at radius 2 is 2.05 bits per heavy atom. The predicted molar refractivity (Wildman–Crippen MR) is 79.8 cm³/mol.